The van der Waals surface area contributed by atoms with Gasteiger partial charge >= 0.3 is 0 Å². The number of hydrogen-bond donors (Lipinski definition) is 3. The molecule has 5 nitrogen and oxygen atoms in total. The molecule has 4 rings (SSSR count). The number of imidazole rings is 2. The lowest BCUT2D eigenvalue weighted by Gasteiger charge is -1.94. The molecule has 21 heavy (non-hydrogen) atoms. The molecule has 2 aromatic heterocycles. The summed E-state index contributed by atoms with van der Waals surface area (Å²) in [6.45, 7) is 0.536. The first-order chi connectivity index (χ1) is 10.3. The van der Waals surface area contributed by atoms with Crippen molar-refractivity contribution in [3.8, 4) is 0 Å². The van der Waals surface area contributed by atoms with Gasteiger partial charge in [0.1, 0.15) is 11.6 Å². The number of rotatable bonds is 3. The minimum absolute atomic E-state index is 0.536. The van der Waals surface area contributed by atoms with E-state index in [1.54, 1.807) is 0 Å². The SMILES string of the molecule is NCc1ccc2nc(Cc3nc4ccccc4[nH]3)[nH]c2c1. The Labute approximate surface area is 121 Å². The highest BCUT2D eigenvalue weighted by Gasteiger charge is 2.07. The molecule has 0 radical (unpaired) electrons. The number of nitrogens with one attached hydrogen (secondary N) is 2. The first-order valence-electron chi connectivity index (χ1n) is 6.93. The van der Waals surface area contributed by atoms with Crippen molar-refractivity contribution in [3.63, 3.8) is 0 Å². The van der Waals surface area contributed by atoms with Crippen LogP contribution in [0.4, 0.5) is 0 Å². The third kappa shape index (κ3) is 2.17. The lowest BCUT2D eigenvalue weighted by molar-refractivity contribution is 0.960. The van der Waals surface area contributed by atoms with Crippen LogP contribution in [-0.2, 0) is 13.0 Å². The largest absolute Gasteiger partial charge is 0.342 e. The molecule has 0 spiro atoms. The van der Waals surface area contributed by atoms with Crippen LogP contribution < -0.4 is 5.73 Å². The van der Waals surface area contributed by atoms with Gasteiger partial charge in [0.25, 0.3) is 0 Å². The Bertz CT molecular complexity index is 886. The summed E-state index contributed by atoms with van der Waals surface area (Å²) in [5.74, 6) is 1.81. The fourth-order valence-electron chi connectivity index (χ4n) is 2.57. The van der Waals surface area contributed by atoms with E-state index in [1.165, 1.54) is 0 Å². The van der Waals surface area contributed by atoms with Crippen LogP contribution in [0.25, 0.3) is 22.1 Å². The Morgan fingerprint density at radius 3 is 2.33 bits per heavy atom. The van der Waals surface area contributed by atoms with Gasteiger partial charge in [-0.3, -0.25) is 0 Å². The minimum Gasteiger partial charge on any atom is -0.342 e. The normalized spacial score (nSPS) is 11.5. The standard InChI is InChI=1S/C16H15N5/c17-9-10-5-6-13-14(7-10)21-16(20-13)8-15-18-11-3-1-2-4-12(11)19-15/h1-7H,8-9,17H2,(H,18,19)(H,20,21). The molecule has 0 bridgehead atoms. The van der Waals surface area contributed by atoms with Gasteiger partial charge in [-0.25, -0.2) is 9.97 Å². The Morgan fingerprint density at radius 1 is 0.857 bits per heavy atom. The van der Waals surface area contributed by atoms with E-state index in [2.05, 4.69) is 19.9 Å². The lowest BCUT2D eigenvalue weighted by Crippen LogP contribution is -1.95. The van der Waals surface area contributed by atoms with Crippen LogP contribution in [0.2, 0.25) is 0 Å². The Kier molecular flexibility index (Phi) is 2.72. The van der Waals surface area contributed by atoms with E-state index in [1.807, 2.05) is 42.5 Å². The van der Waals surface area contributed by atoms with Crippen LogP contribution in [0, 0.1) is 0 Å². The maximum Gasteiger partial charge on any atom is 0.114 e. The summed E-state index contributed by atoms with van der Waals surface area (Å²) in [4.78, 5) is 15.8. The number of nitrogens with two attached hydrogens (primary N) is 1. The summed E-state index contributed by atoms with van der Waals surface area (Å²) >= 11 is 0. The van der Waals surface area contributed by atoms with Crippen molar-refractivity contribution in [3.05, 3.63) is 59.7 Å². The fraction of sp³-hybridized carbons (Fsp3) is 0.125. The molecule has 0 saturated heterocycles. The van der Waals surface area contributed by atoms with Gasteiger partial charge < -0.3 is 15.7 Å². The third-order valence-electron chi connectivity index (χ3n) is 3.60. The molecular formula is C16H15N5. The van der Waals surface area contributed by atoms with Crippen LogP contribution >= 0.6 is 0 Å². The Balaban J connectivity index is 1.69. The summed E-state index contributed by atoms with van der Waals surface area (Å²) in [5.41, 5.74) is 10.8. The first kappa shape index (κ1) is 12.1. The second-order valence-electron chi connectivity index (χ2n) is 5.12. The number of hydrogen-bond acceptors (Lipinski definition) is 3. The third-order valence-corrected chi connectivity index (χ3v) is 3.60. The van der Waals surface area contributed by atoms with Crippen molar-refractivity contribution in [1.29, 1.82) is 0 Å². The van der Waals surface area contributed by atoms with Crippen LogP contribution in [0.1, 0.15) is 17.2 Å². The van der Waals surface area contributed by atoms with Gasteiger partial charge in [-0.2, -0.15) is 0 Å². The predicted octanol–water partition coefficient (Wildman–Crippen LogP) is 2.49. The number of nitrogens with zero attached hydrogens (tertiary/aromatic N) is 2. The van der Waals surface area contributed by atoms with Crippen molar-refractivity contribution in [1.82, 2.24) is 19.9 Å². The molecule has 0 saturated carbocycles. The number of para-hydroxylation sites is 2. The van der Waals surface area contributed by atoms with E-state index in [9.17, 15) is 0 Å². The summed E-state index contributed by atoms with van der Waals surface area (Å²) in [5, 5.41) is 0. The summed E-state index contributed by atoms with van der Waals surface area (Å²) < 4.78 is 0. The van der Waals surface area contributed by atoms with Crippen molar-refractivity contribution in [2.75, 3.05) is 0 Å². The highest BCUT2D eigenvalue weighted by atomic mass is 15.0. The molecular weight excluding hydrogens is 262 g/mol. The zero-order valence-electron chi connectivity index (χ0n) is 11.4. The van der Waals surface area contributed by atoms with Gasteiger partial charge in [0.15, 0.2) is 0 Å². The highest BCUT2D eigenvalue weighted by Crippen LogP contribution is 2.16. The average molecular weight is 277 g/mol. The van der Waals surface area contributed by atoms with Gasteiger partial charge in [-0.1, -0.05) is 18.2 Å². The van der Waals surface area contributed by atoms with Gasteiger partial charge in [0, 0.05) is 6.54 Å². The van der Waals surface area contributed by atoms with Crippen molar-refractivity contribution < 1.29 is 0 Å². The number of benzene rings is 2. The second kappa shape index (κ2) is 4.71. The lowest BCUT2D eigenvalue weighted by atomic mass is 10.2. The van der Waals surface area contributed by atoms with E-state index >= 15 is 0 Å². The Hall–Kier alpha value is -2.66. The molecule has 2 heterocycles. The fourth-order valence-corrected chi connectivity index (χ4v) is 2.57. The predicted molar refractivity (Wildman–Crippen MR) is 82.9 cm³/mol. The molecule has 0 aliphatic rings. The monoisotopic (exact) mass is 277 g/mol. The zero-order valence-corrected chi connectivity index (χ0v) is 11.4. The zero-order chi connectivity index (χ0) is 14.2. The second-order valence-corrected chi connectivity index (χ2v) is 5.12. The van der Waals surface area contributed by atoms with Crippen LogP contribution in [0.5, 0.6) is 0 Å². The molecule has 0 atom stereocenters. The molecule has 0 unspecified atom stereocenters. The molecule has 0 aliphatic carbocycles. The highest BCUT2D eigenvalue weighted by molar-refractivity contribution is 5.76. The molecule has 4 aromatic rings. The molecule has 0 fully saturated rings. The van der Waals surface area contributed by atoms with E-state index in [0.717, 1.165) is 39.3 Å². The average Bonchev–Trinajstić information content (AvgIpc) is 3.08. The van der Waals surface area contributed by atoms with E-state index < -0.39 is 0 Å². The summed E-state index contributed by atoms with van der Waals surface area (Å²) in [7, 11) is 0. The summed E-state index contributed by atoms with van der Waals surface area (Å²) in [6.07, 6.45) is 0.654. The molecule has 2 aromatic carbocycles. The van der Waals surface area contributed by atoms with Crippen LogP contribution in [0.15, 0.2) is 42.5 Å². The molecule has 104 valence electrons. The maximum atomic E-state index is 5.66. The minimum atomic E-state index is 0.536. The molecule has 4 N–H and O–H groups in total. The number of aromatic nitrogens is 4. The van der Waals surface area contributed by atoms with E-state index in [0.29, 0.717) is 13.0 Å². The Morgan fingerprint density at radius 2 is 1.57 bits per heavy atom. The smallest absolute Gasteiger partial charge is 0.114 e. The van der Waals surface area contributed by atoms with Crippen LogP contribution in [0.3, 0.4) is 0 Å². The van der Waals surface area contributed by atoms with Gasteiger partial charge in [-0.05, 0) is 29.8 Å². The number of H-pyrrole nitrogens is 2. The molecule has 5 heteroatoms. The number of fused-ring (bicyclic) bond motifs is 2. The quantitative estimate of drug-likeness (QED) is 0.538. The maximum absolute atomic E-state index is 5.66. The summed E-state index contributed by atoms with van der Waals surface area (Å²) in [6, 6.07) is 14.1. The molecule has 0 aliphatic heterocycles. The van der Waals surface area contributed by atoms with Crippen molar-refractivity contribution >= 4 is 22.1 Å². The van der Waals surface area contributed by atoms with E-state index in [4.69, 9.17) is 5.73 Å². The van der Waals surface area contributed by atoms with Gasteiger partial charge in [0.2, 0.25) is 0 Å². The van der Waals surface area contributed by atoms with Gasteiger partial charge in [-0.15, -0.1) is 0 Å². The van der Waals surface area contributed by atoms with Gasteiger partial charge in [0.05, 0.1) is 28.5 Å². The topological polar surface area (TPSA) is 83.4 Å². The van der Waals surface area contributed by atoms with E-state index in [-0.39, 0.29) is 0 Å². The van der Waals surface area contributed by atoms with Crippen LogP contribution in [-0.4, -0.2) is 19.9 Å². The molecule has 0 amide bonds. The van der Waals surface area contributed by atoms with Crippen molar-refractivity contribution in [2.45, 2.75) is 13.0 Å². The number of aromatic amines is 2. The van der Waals surface area contributed by atoms with Crippen molar-refractivity contribution in [2.24, 2.45) is 5.73 Å². The first-order valence-corrected chi connectivity index (χ1v) is 6.93.